The topological polar surface area (TPSA) is 66.8 Å². The Hall–Kier alpha value is -1.39. The van der Waals surface area contributed by atoms with Gasteiger partial charge in [-0.3, -0.25) is 0 Å². The average molecular weight is 311 g/mol. The van der Waals surface area contributed by atoms with E-state index < -0.39 is 10.0 Å². The molecule has 5 nitrogen and oxygen atoms in total. The van der Waals surface area contributed by atoms with Gasteiger partial charge in [0.25, 0.3) is 0 Å². The van der Waals surface area contributed by atoms with Gasteiger partial charge in [0.05, 0.1) is 12.4 Å². The van der Waals surface area contributed by atoms with Gasteiger partial charge in [-0.2, -0.15) is 0 Å². The molecule has 6 heteroatoms. The maximum atomic E-state index is 12.0. The summed E-state index contributed by atoms with van der Waals surface area (Å²) in [6.45, 7) is 2.68. The average Bonchev–Trinajstić information content (AvgIpc) is 2.46. The number of ether oxygens (including phenoxy) is 1. The first-order valence-electron chi connectivity index (χ1n) is 6.70. The number of nitrogens with zero attached hydrogens (tertiary/aromatic N) is 1. The van der Waals surface area contributed by atoms with Crippen molar-refractivity contribution in [1.82, 2.24) is 4.31 Å². The van der Waals surface area contributed by atoms with Crippen LogP contribution >= 0.6 is 0 Å². The van der Waals surface area contributed by atoms with E-state index in [2.05, 4.69) is 11.8 Å². The fraction of sp³-hybridized carbons (Fsp3) is 0.467. The highest BCUT2D eigenvalue weighted by molar-refractivity contribution is 7.89. The molecule has 0 unspecified atom stereocenters. The lowest BCUT2D eigenvalue weighted by atomic mass is 10.1. The fourth-order valence-electron chi connectivity index (χ4n) is 1.65. The Labute approximate surface area is 126 Å². The van der Waals surface area contributed by atoms with Crippen molar-refractivity contribution in [3.8, 4) is 11.8 Å². The number of benzene rings is 1. The summed E-state index contributed by atoms with van der Waals surface area (Å²) in [4.78, 5) is 0. The predicted molar refractivity (Wildman–Crippen MR) is 82.2 cm³/mol. The molecular formula is C15H21NO4S. The Morgan fingerprint density at radius 1 is 1.29 bits per heavy atom. The lowest BCUT2D eigenvalue weighted by Crippen LogP contribution is -2.30. The van der Waals surface area contributed by atoms with E-state index in [1.54, 1.807) is 19.2 Å². The summed E-state index contributed by atoms with van der Waals surface area (Å²) in [5.74, 6) is 5.34. The van der Waals surface area contributed by atoms with E-state index in [1.165, 1.54) is 4.31 Å². The molecule has 0 saturated heterocycles. The van der Waals surface area contributed by atoms with Gasteiger partial charge in [0.1, 0.15) is 6.61 Å². The van der Waals surface area contributed by atoms with E-state index in [0.717, 1.165) is 11.1 Å². The van der Waals surface area contributed by atoms with Gasteiger partial charge >= 0.3 is 0 Å². The maximum absolute atomic E-state index is 12.0. The van der Waals surface area contributed by atoms with Gasteiger partial charge in [0, 0.05) is 25.8 Å². The van der Waals surface area contributed by atoms with E-state index >= 15 is 0 Å². The second-order valence-corrected chi connectivity index (χ2v) is 6.62. The van der Waals surface area contributed by atoms with Gasteiger partial charge in [-0.25, -0.2) is 12.7 Å². The van der Waals surface area contributed by atoms with Crippen LogP contribution in [0.3, 0.4) is 0 Å². The third-order valence-corrected chi connectivity index (χ3v) is 4.60. The molecule has 0 heterocycles. The van der Waals surface area contributed by atoms with Crippen LogP contribution in [0, 0.1) is 11.8 Å². The molecule has 1 aromatic carbocycles. The van der Waals surface area contributed by atoms with Crippen LogP contribution in [0.1, 0.15) is 18.1 Å². The van der Waals surface area contributed by atoms with Gasteiger partial charge in [0.15, 0.2) is 0 Å². The first-order chi connectivity index (χ1) is 9.99. The molecule has 0 radical (unpaired) electrons. The quantitative estimate of drug-likeness (QED) is 0.598. The standard InChI is InChI=1S/C15H21NO4S/c1-3-20-11-12-21(18,19)16(2)13-15-8-6-14(7-9-15)5-4-10-17/h6-9,17H,3,10-13H2,1-2H3. The summed E-state index contributed by atoms with van der Waals surface area (Å²) in [5, 5.41) is 8.62. The third-order valence-electron chi connectivity index (χ3n) is 2.84. The minimum atomic E-state index is -3.31. The number of rotatable bonds is 7. The van der Waals surface area contributed by atoms with Crippen molar-refractivity contribution < 1.29 is 18.3 Å². The van der Waals surface area contributed by atoms with Crippen molar-refractivity contribution >= 4 is 10.0 Å². The Bertz CT molecular complexity index is 584. The van der Waals surface area contributed by atoms with Gasteiger partial charge < -0.3 is 9.84 Å². The summed E-state index contributed by atoms with van der Waals surface area (Å²) in [6, 6.07) is 7.27. The second-order valence-electron chi connectivity index (χ2n) is 4.43. The minimum absolute atomic E-state index is 0.0165. The molecule has 0 aromatic heterocycles. The van der Waals surface area contributed by atoms with Crippen molar-refractivity contribution in [3.63, 3.8) is 0 Å². The molecular weight excluding hydrogens is 290 g/mol. The normalized spacial score (nSPS) is 11.2. The highest BCUT2D eigenvalue weighted by Crippen LogP contribution is 2.09. The monoisotopic (exact) mass is 311 g/mol. The van der Waals surface area contributed by atoms with Crippen molar-refractivity contribution in [2.24, 2.45) is 0 Å². The lowest BCUT2D eigenvalue weighted by molar-refractivity contribution is 0.162. The van der Waals surface area contributed by atoms with Crippen molar-refractivity contribution in [2.45, 2.75) is 13.5 Å². The van der Waals surface area contributed by atoms with Gasteiger partial charge in [-0.1, -0.05) is 24.0 Å². The van der Waals surface area contributed by atoms with Crippen molar-refractivity contribution in [3.05, 3.63) is 35.4 Å². The lowest BCUT2D eigenvalue weighted by Gasteiger charge is -2.17. The first kappa shape index (κ1) is 17.7. The molecule has 0 aliphatic rings. The molecule has 0 spiro atoms. The third kappa shape index (κ3) is 6.27. The van der Waals surface area contributed by atoms with Crippen LogP contribution in [0.4, 0.5) is 0 Å². The molecule has 1 aromatic rings. The summed E-state index contributed by atoms with van der Waals surface area (Å²) in [7, 11) is -1.75. The molecule has 0 bridgehead atoms. The van der Waals surface area contributed by atoms with Gasteiger partial charge in [-0.15, -0.1) is 0 Å². The minimum Gasteiger partial charge on any atom is -0.384 e. The number of aliphatic hydroxyl groups is 1. The number of hydrogen-bond acceptors (Lipinski definition) is 4. The Morgan fingerprint density at radius 3 is 2.52 bits per heavy atom. The van der Waals surface area contributed by atoms with E-state index in [0.29, 0.717) is 13.2 Å². The zero-order chi connectivity index (χ0) is 15.7. The van der Waals surface area contributed by atoms with Gasteiger partial charge in [-0.05, 0) is 24.6 Å². The molecule has 0 fully saturated rings. The predicted octanol–water partition coefficient (Wildman–Crippen LogP) is 0.829. The SMILES string of the molecule is CCOCCS(=O)(=O)N(C)Cc1ccc(C#CCO)cc1. The van der Waals surface area contributed by atoms with E-state index in [-0.39, 0.29) is 19.0 Å². The molecule has 21 heavy (non-hydrogen) atoms. The van der Waals surface area contributed by atoms with Crippen LogP contribution in [0.2, 0.25) is 0 Å². The molecule has 1 rings (SSSR count). The van der Waals surface area contributed by atoms with Crippen LogP contribution in [0.15, 0.2) is 24.3 Å². The van der Waals surface area contributed by atoms with E-state index in [9.17, 15) is 8.42 Å². The van der Waals surface area contributed by atoms with E-state index in [4.69, 9.17) is 9.84 Å². The zero-order valence-corrected chi connectivity index (χ0v) is 13.2. The number of hydrogen-bond donors (Lipinski definition) is 1. The van der Waals surface area contributed by atoms with E-state index in [1.807, 2.05) is 19.1 Å². The molecule has 1 N–H and O–H groups in total. The summed E-state index contributed by atoms with van der Waals surface area (Å²) < 4.78 is 30.4. The highest BCUT2D eigenvalue weighted by atomic mass is 32.2. The number of aliphatic hydroxyl groups excluding tert-OH is 1. The molecule has 0 aliphatic heterocycles. The van der Waals surface area contributed by atoms with Crippen LogP contribution in [0.5, 0.6) is 0 Å². The highest BCUT2D eigenvalue weighted by Gasteiger charge is 2.17. The number of sulfonamides is 1. The Morgan fingerprint density at radius 2 is 1.95 bits per heavy atom. The van der Waals surface area contributed by atoms with Crippen molar-refractivity contribution in [1.29, 1.82) is 0 Å². The molecule has 0 amide bonds. The van der Waals surface area contributed by atoms with Crippen molar-refractivity contribution in [2.75, 3.05) is 32.6 Å². The van der Waals surface area contributed by atoms with Crippen LogP contribution in [-0.2, 0) is 21.3 Å². The molecule has 0 aliphatic carbocycles. The molecule has 0 saturated carbocycles. The molecule has 0 atom stereocenters. The summed E-state index contributed by atoms with van der Waals surface area (Å²) in [5.41, 5.74) is 1.67. The summed E-state index contributed by atoms with van der Waals surface area (Å²) >= 11 is 0. The smallest absolute Gasteiger partial charge is 0.216 e. The van der Waals surface area contributed by atoms with Crippen LogP contribution in [0.25, 0.3) is 0 Å². The summed E-state index contributed by atoms with van der Waals surface area (Å²) in [6.07, 6.45) is 0. The zero-order valence-electron chi connectivity index (χ0n) is 12.4. The Kier molecular flexibility index (Phi) is 7.40. The van der Waals surface area contributed by atoms with Crippen LogP contribution in [-0.4, -0.2) is 50.5 Å². The first-order valence-corrected chi connectivity index (χ1v) is 8.31. The maximum Gasteiger partial charge on any atom is 0.216 e. The fourth-order valence-corrected chi connectivity index (χ4v) is 2.64. The Balaban J connectivity index is 2.63. The largest absolute Gasteiger partial charge is 0.384 e. The second kappa shape index (κ2) is 8.80. The van der Waals surface area contributed by atoms with Gasteiger partial charge in [0.2, 0.25) is 10.0 Å². The molecule has 116 valence electrons. The van der Waals surface area contributed by atoms with Crippen LogP contribution < -0.4 is 0 Å².